The Bertz CT molecular complexity index is 351. The van der Waals surface area contributed by atoms with E-state index in [1.807, 2.05) is 19.2 Å². The van der Waals surface area contributed by atoms with Crippen LogP contribution in [0.3, 0.4) is 0 Å². The van der Waals surface area contributed by atoms with Crippen LogP contribution in [0, 0.1) is 0 Å². The molecule has 1 aromatic carbocycles. The molecule has 0 spiro atoms. The van der Waals surface area contributed by atoms with Gasteiger partial charge >= 0.3 is 0 Å². The highest BCUT2D eigenvalue weighted by molar-refractivity contribution is 5.27. The number of nitrogens with one attached hydrogen (secondary N) is 1. The molecule has 18 heavy (non-hydrogen) atoms. The van der Waals surface area contributed by atoms with Crippen LogP contribution in [0.25, 0.3) is 0 Å². The van der Waals surface area contributed by atoms with Gasteiger partial charge in [0.2, 0.25) is 0 Å². The lowest BCUT2D eigenvalue weighted by molar-refractivity contribution is -0.0103. The van der Waals surface area contributed by atoms with Gasteiger partial charge in [-0.1, -0.05) is 12.1 Å². The van der Waals surface area contributed by atoms with Gasteiger partial charge in [-0.2, -0.15) is 0 Å². The molecule has 0 amide bonds. The summed E-state index contributed by atoms with van der Waals surface area (Å²) < 4.78 is 10.7. The molecular weight excluding hydrogens is 228 g/mol. The number of likely N-dealkylation sites (N-methyl/N-ethyl adjacent to an activating group) is 1. The fraction of sp³-hybridized carbons (Fsp3) is 0.571. The summed E-state index contributed by atoms with van der Waals surface area (Å²) in [5.74, 6) is 0.910. The first-order chi connectivity index (χ1) is 8.83. The van der Waals surface area contributed by atoms with E-state index < -0.39 is 0 Å². The van der Waals surface area contributed by atoms with Gasteiger partial charge in [0.1, 0.15) is 5.75 Å². The normalized spacial score (nSPS) is 20.9. The number of ether oxygens (including phenoxy) is 2. The van der Waals surface area contributed by atoms with E-state index in [2.05, 4.69) is 22.3 Å². The minimum absolute atomic E-state index is 0.464. The van der Waals surface area contributed by atoms with E-state index >= 15 is 0 Å². The Labute approximate surface area is 109 Å². The number of hydrogen-bond acceptors (Lipinski definition) is 4. The summed E-state index contributed by atoms with van der Waals surface area (Å²) in [6, 6.07) is 8.76. The van der Waals surface area contributed by atoms with Gasteiger partial charge in [-0.25, -0.2) is 0 Å². The molecule has 0 radical (unpaired) electrons. The Hall–Kier alpha value is -1.10. The molecule has 1 N–H and O–H groups in total. The van der Waals surface area contributed by atoms with E-state index in [1.54, 1.807) is 7.11 Å². The maximum absolute atomic E-state index is 5.54. The van der Waals surface area contributed by atoms with Gasteiger partial charge in [0.05, 0.1) is 20.3 Å². The van der Waals surface area contributed by atoms with Crippen molar-refractivity contribution in [1.29, 1.82) is 0 Å². The summed E-state index contributed by atoms with van der Waals surface area (Å²) in [4.78, 5) is 2.47. The minimum Gasteiger partial charge on any atom is -0.497 e. The van der Waals surface area contributed by atoms with Gasteiger partial charge in [-0.3, -0.25) is 4.90 Å². The molecule has 1 saturated heterocycles. The molecule has 1 fully saturated rings. The van der Waals surface area contributed by atoms with Crippen molar-refractivity contribution in [3.05, 3.63) is 29.8 Å². The van der Waals surface area contributed by atoms with E-state index in [0.717, 1.165) is 38.6 Å². The Morgan fingerprint density at radius 1 is 1.39 bits per heavy atom. The first-order valence-corrected chi connectivity index (χ1v) is 6.43. The van der Waals surface area contributed by atoms with Crippen LogP contribution < -0.4 is 10.1 Å². The predicted octanol–water partition coefficient (Wildman–Crippen LogP) is 1.12. The SMILES string of the molecule is CNCC1COCCN1Cc1ccc(OC)cc1. The van der Waals surface area contributed by atoms with Crippen LogP contribution in [-0.2, 0) is 11.3 Å². The number of hydrogen-bond donors (Lipinski definition) is 1. The summed E-state index contributed by atoms with van der Waals surface area (Å²) >= 11 is 0. The summed E-state index contributed by atoms with van der Waals surface area (Å²) in [5, 5.41) is 3.23. The Morgan fingerprint density at radius 2 is 2.17 bits per heavy atom. The lowest BCUT2D eigenvalue weighted by atomic mass is 10.1. The highest BCUT2D eigenvalue weighted by Gasteiger charge is 2.22. The van der Waals surface area contributed by atoms with Crippen LogP contribution >= 0.6 is 0 Å². The summed E-state index contributed by atoms with van der Waals surface area (Å²) in [7, 11) is 3.68. The van der Waals surface area contributed by atoms with Crippen LogP contribution in [-0.4, -0.2) is 51.4 Å². The standard InChI is InChI=1S/C14H22N2O2/c1-15-9-13-11-18-8-7-16(13)10-12-3-5-14(17-2)6-4-12/h3-6,13,15H,7-11H2,1-2H3. The average molecular weight is 250 g/mol. The zero-order valence-electron chi connectivity index (χ0n) is 11.2. The predicted molar refractivity (Wildman–Crippen MR) is 71.9 cm³/mol. The van der Waals surface area contributed by atoms with Crippen molar-refractivity contribution < 1.29 is 9.47 Å². The van der Waals surface area contributed by atoms with Gasteiger partial charge in [-0.15, -0.1) is 0 Å². The molecule has 1 aliphatic rings. The molecule has 1 atom stereocenters. The van der Waals surface area contributed by atoms with Crippen molar-refractivity contribution in [3.8, 4) is 5.75 Å². The van der Waals surface area contributed by atoms with E-state index in [1.165, 1.54) is 5.56 Å². The fourth-order valence-electron chi connectivity index (χ4n) is 2.29. The van der Waals surface area contributed by atoms with E-state index in [-0.39, 0.29) is 0 Å². The molecule has 4 nitrogen and oxygen atoms in total. The van der Waals surface area contributed by atoms with Crippen molar-refractivity contribution in [2.75, 3.05) is 40.5 Å². The number of methoxy groups -OCH3 is 1. The molecule has 100 valence electrons. The Morgan fingerprint density at radius 3 is 2.83 bits per heavy atom. The lowest BCUT2D eigenvalue weighted by Gasteiger charge is -2.35. The van der Waals surface area contributed by atoms with Crippen LogP contribution in [0.2, 0.25) is 0 Å². The molecule has 1 heterocycles. The van der Waals surface area contributed by atoms with Gasteiger partial charge in [0, 0.05) is 25.7 Å². The average Bonchev–Trinajstić information content (AvgIpc) is 2.42. The van der Waals surface area contributed by atoms with Gasteiger partial charge in [0.25, 0.3) is 0 Å². The number of morpholine rings is 1. The van der Waals surface area contributed by atoms with Crippen molar-refractivity contribution in [1.82, 2.24) is 10.2 Å². The summed E-state index contributed by atoms with van der Waals surface area (Å²) in [5.41, 5.74) is 1.32. The highest BCUT2D eigenvalue weighted by Crippen LogP contribution is 2.15. The lowest BCUT2D eigenvalue weighted by Crippen LogP contribution is -2.49. The minimum atomic E-state index is 0.464. The zero-order valence-corrected chi connectivity index (χ0v) is 11.2. The molecule has 0 bridgehead atoms. The third-order valence-corrected chi connectivity index (χ3v) is 3.33. The first-order valence-electron chi connectivity index (χ1n) is 6.43. The number of nitrogens with zero attached hydrogens (tertiary/aromatic N) is 1. The summed E-state index contributed by atoms with van der Waals surface area (Å²) in [6.45, 7) is 4.58. The van der Waals surface area contributed by atoms with Gasteiger partial charge < -0.3 is 14.8 Å². The second-order valence-corrected chi connectivity index (χ2v) is 4.60. The second-order valence-electron chi connectivity index (χ2n) is 4.60. The van der Waals surface area contributed by atoms with E-state index in [0.29, 0.717) is 6.04 Å². The Balaban J connectivity index is 1.96. The van der Waals surface area contributed by atoms with E-state index in [9.17, 15) is 0 Å². The molecular formula is C14H22N2O2. The maximum atomic E-state index is 5.54. The number of rotatable bonds is 5. The quantitative estimate of drug-likeness (QED) is 0.849. The van der Waals surface area contributed by atoms with Crippen LogP contribution in [0.5, 0.6) is 5.75 Å². The summed E-state index contributed by atoms with van der Waals surface area (Å²) in [6.07, 6.45) is 0. The maximum Gasteiger partial charge on any atom is 0.118 e. The molecule has 1 aromatic rings. The van der Waals surface area contributed by atoms with Crippen molar-refractivity contribution in [3.63, 3.8) is 0 Å². The molecule has 1 aliphatic heterocycles. The van der Waals surface area contributed by atoms with Crippen LogP contribution in [0.1, 0.15) is 5.56 Å². The smallest absolute Gasteiger partial charge is 0.118 e. The molecule has 2 rings (SSSR count). The van der Waals surface area contributed by atoms with Crippen molar-refractivity contribution in [2.45, 2.75) is 12.6 Å². The second kappa shape index (κ2) is 6.73. The molecule has 1 unspecified atom stereocenters. The van der Waals surface area contributed by atoms with Crippen LogP contribution in [0.4, 0.5) is 0 Å². The molecule has 4 heteroatoms. The molecule has 0 saturated carbocycles. The third kappa shape index (κ3) is 3.45. The van der Waals surface area contributed by atoms with Gasteiger partial charge in [-0.05, 0) is 24.7 Å². The zero-order chi connectivity index (χ0) is 12.8. The Kier molecular flexibility index (Phi) is 4.99. The topological polar surface area (TPSA) is 33.7 Å². The van der Waals surface area contributed by atoms with E-state index in [4.69, 9.17) is 9.47 Å². The van der Waals surface area contributed by atoms with Crippen molar-refractivity contribution in [2.24, 2.45) is 0 Å². The van der Waals surface area contributed by atoms with Crippen molar-refractivity contribution >= 4 is 0 Å². The number of benzene rings is 1. The molecule has 0 aliphatic carbocycles. The monoisotopic (exact) mass is 250 g/mol. The highest BCUT2D eigenvalue weighted by atomic mass is 16.5. The van der Waals surface area contributed by atoms with Gasteiger partial charge in [0.15, 0.2) is 0 Å². The molecule has 0 aromatic heterocycles. The first kappa shape index (κ1) is 13.3. The largest absolute Gasteiger partial charge is 0.497 e. The fourth-order valence-corrected chi connectivity index (χ4v) is 2.29. The third-order valence-electron chi connectivity index (χ3n) is 3.33. The van der Waals surface area contributed by atoms with Crippen LogP contribution in [0.15, 0.2) is 24.3 Å².